The Hall–Kier alpha value is -2.49. The number of halogens is 1. The van der Waals surface area contributed by atoms with Gasteiger partial charge in [-0.3, -0.25) is 14.6 Å². The summed E-state index contributed by atoms with van der Waals surface area (Å²) in [7, 11) is -3.71. The smallest absolute Gasteiger partial charge is 0.243 e. The highest BCUT2D eigenvalue weighted by atomic mass is 35.5. The molecule has 1 aromatic heterocycles. The van der Waals surface area contributed by atoms with E-state index in [1.165, 1.54) is 28.6 Å². The van der Waals surface area contributed by atoms with Crippen LogP contribution in [0.25, 0.3) is 0 Å². The number of aromatic nitrogens is 1. The van der Waals surface area contributed by atoms with Crippen molar-refractivity contribution < 1.29 is 18.0 Å². The fourth-order valence-corrected chi connectivity index (χ4v) is 4.86. The van der Waals surface area contributed by atoms with E-state index in [-0.39, 0.29) is 29.8 Å². The SMILES string of the molecule is O=C(CNC(=O)C1CCCN(S(=O)(=O)c2ccc(Cl)cc2)C1)NCc1ccncc1. The number of hydrogen-bond acceptors (Lipinski definition) is 5. The summed E-state index contributed by atoms with van der Waals surface area (Å²) in [5, 5.41) is 5.77. The van der Waals surface area contributed by atoms with Gasteiger partial charge in [0.2, 0.25) is 21.8 Å². The third-order valence-corrected chi connectivity index (χ3v) is 7.00. The van der Waals surface area contributed by atoms with E-state index in [1.807, 2.05) is 0 Å². The summed E-state index contributed by atoms with van der Waals surface area (Å²) < 4.78 is 27.0. The first kappa shape index (κ1) is 22.2. The molecule has 1 atom stereocenters. The molecule has 0 saturated carbocycles. The zero-order chi connectivity index (χ0) is 21.6. The number of benzene rings is 1. The van der Waals surface area contributed by atoms with Gasteiger partial charge in [0.15, 0.2) is 0 Å². The van der Waals surface area contributed by atoms with Gasteiger partial charge in [0.1, 0.15) is 0 Å². The lowest BCUT2D eigenvalue weighted by atomic mass is 9.99. The molecule has 160 valence electrons. The van der Waals surface area contributed by atoms with Gasteiger partial charge >= 0.3 is 0 Å². The molecule has 10 heteroatoms. The van der Waals surface area contributed by atoms with Crippen LogP contribution in [0, 0.1) is 5.92 Å². The second-order valence-corrected chi connectivity index (χ2v) is 9.38. The molecule has 0 radical (unpaired) electrons. The minimum atomic E-state index is -3.71. The molecule has 8 nitrogen and oxygen atoms in total. The molecule has 0 aliphatic carbocycles. The van der Waals surface area contributed by atoms with Crippen molar-refractivity contribution in [3.63, 3.8) is 0 Å². The summed E-state index contributed by atoms with van der Waals surface area (Å²) in [4.78, 5) is 28.5. The van der Waals surface area contributed by atoms with Crippen molar-refractivity contribution >= 4 is 33.4 Å². The number of amides is 2. The normalized spacial score (nSPS) is 17.3. The molecule has 2 amide bonds. The molecule has 1 saturated heterocycles. The topological polar surface area (TPSA) is 108 Å². The number of hydrogen-bond donors (Lipinski definition) is 2. The highest BCUT2D eigenvalue weighted by molar-refractivity contribution is 7.89. The first-order chi connectivity index (χ1) is 14.4. The fourth-order valence-electron chi connectivity index (χ4n) is 3.21. The number of pyridine rings is 1. The zero-order valence-corrected chi connectivity index (χ0v) is 17.8. The van der Waals surface area contributed by atoms with Crippen molar-refractivity contribution in [1.29, 1.82) is 0 Å². The maximum absolute atomic E-state index is 12.8. The Kier molecular flexibility index (Phi) is 7.41. The van der Waals surface area contributed by atoms with E-state index < -0.39 is 15.9 Å². The largest absolute Gasteiger partial charge is 0.350 e. The lowest BCUT2D eigenvalue weighted by molar-refractivity contribution is -0.129. The summed E-state index contributed by atoms with van der Waals surface area (Å²) in [6, 6.07) is 9.52. The van der Waals surface area contributed by atoms with Crippen LogP contribution in [0.3, 0.4) is 0 Å². The Morgan fingerprint density at radius 1 is 1.10 bits per heavy atom. The predicted octanol–water partition coefficient (Wildman–Crippen LogP) is 1.57. The highest BCUT2D eigenvalue weighted by Crippen LogP contribution is 2.24. The Morgan fingerprint density at radius 2 is 1.80 bits per heavy atom. The molecular weight excluding hydrogens is 428 g/mol. The summed E-state index contributed by atoms with van der Waals surface area (Å²) in [5.41, 5.74) is 0.903. The summed E-state index contributed by atoms with van der Waals surface area (Å²) >= 11 is 5.83. The first-order valence-electron chi connectivity index (χ1n) is 9.55. The average molecular weight is 451 g/mol. The molecule has 30 heavy (non-hydrogen) atoms. The number of carbonyl (C=O) groups excluding carboxylic acids is 2. The molecule has 0 bridgehead atoms. The van der Waals surface area contributed by atoms with Crippen LogP contribution in [0.4, 0.5) is 0 Å². The second-order valence-electron chi connectivity index (χ2n) is 7.01. The monoisotopic (exact) mass is 450 g/mol. The Morgan fingerprint density at radius 3 is 2.50 bits per heavy atom. The van der Waals surface area contributed by atoms with Crippen LogP contribution in [0.5, 0.6) is 0 Å². The van der Waals surface area contributed by atoms with Crippen molar-refractivity contribution in [2.45, 2.75) is 24.3 Å². The van der Waals surface area contributed by atoms with Gasteiger partial charge in [0.05, 0.1) is 17.4 Å². The molecule has 1 aliphatic heterocycles. The molecular formula is C20H23ClN4O4S. The molecule has 2 N–H and O–H groups in total. The number of carbonyl (C=O) groups is 2. The van der Waals surface area contributed by atoms with E-state index in [4.69, 9.17) is 11.6 Å². The van der Waals surface area contributed by atoms with E-state index in [1.54, 1.807) is 24.5 Å². The Labute approximate surface area is 180 Å². The number of piperidine rings is 1. The molecule has 2 aromatic rings. The molecule has 1 unspecified atom stereocenters. The van der Waals surface area contributed by atoms with Gasteiger partial charge in [-0.05, 0) is 54.8 Å². The zero-order valence-electron chi connectivity index (χ0n) is 16.3. The number of nitrogens with zero attached hydrogens (tertiary/aromatic N) is 2. The van der Waals surface area contributed by atoms with Crippen molar-refractivity contribution in [1.82, 2.24) is 19.9 Å². The van der Waals surface area contributed by atoms with E-state index in [2.05, 4.69) is 15.6 Å². The Balaban J connectivity index is 1.51. The number of nitrogens with one attached hydrogen (secondary N) is 2. The predicted molar refractivity (Wildman–Crippen MR) is 112 cm³/mol. The summed E-state index contributed by atoms with van der Waals surface area (Å²) in [5.74, 6) is -1.15. The average Bonchev–Trinajstić information content (AvgIpc) is 2.77. The standard InChI is InChI=1S/C20H23ClN4O4S/c21-17-3-5-18(6-4-17)30(28,29)25-11-1-2-16(14-25)20(27)24-13-19(26)23-12-15-7-9-22-10-8-15/h3-10,16H,1-2,11-14H2,(H,23,26)(H,24,27). The second kappa shape index (κ2) is 10.0. The summed E-state index contributed by atoms with van der Waals surface area (Å²) in [6.45, 7) is 0.606. The van der Waals surface area contributed by atoms with Crippen LogP contribution in [0.15, 0.2) is 53.7 Å². The van der Waals surface area contributed by atoms with Crippen LogP contribution in [-0.4, -0.2) is 49.2 Å². The first-order valence-corrected chi connectivity index (χ1v) is 11.4. The van der Waals surface area contributed by atoms with Crippen molar-refractivity contribution in [3.8, 4) is 0 Å². The number of sulfonamides is 1. The van der Waals surface area contributed by atoms with Crippen LogP contribution >= 0.6 is 11.6 Å². The third-order valence-electron chi connectivity index (χ3n) is 4.87. The fraction of sp³-hybridized carbons (Fsp3) is 0.350. The van der Waals surface area contributed by atoms with Crippen molar-refractivity contribution in [2.24, 2.45) is 5.92 Å². The highest BCUT2D eigenvalue weighted by Gasteiger charge is 2.33. The molecule has 1 fully saturated rings. The van der Waals surface area contributed by atoms with Crippen LogP contribution in [-0.2, 0) is 26.2 Å². The quantitative estimate of drug-likeness (QED) is 0.665. The van der Waals surface area contributed by atoms with E-state index in [0.29, 0.717) is 31.0 Å². The van der Waals surface area contributed by atoms with E-state index in [9.17, 15) is 18.0 Å². The molecule has 1 aromatic carbocycles. The van der Waals surface area contributed by atoms with Crippen LogP contribution < -0.4 is 10.6 Å². The van der Waals surface area contributed by atoms with Gasteiger partial charge in [-0.15, -0.1) is 0 Å². The van der Waals surface area contributed by atoms with Gasteiger partial charge in [-0.1, -0.05) is 11.6 Å². The van der Waals surface area contributed by atoms with Crippen LogP contribution in [0.1, 0.15) is 18.4 Å². The van der Waals surface area contributed by atoms with Gasteiger partial charge in [0, 0.05) is 37.1 Å². The molecule has 3 rings (SSSR count). The van der Waals surface area contributed by atoms with Gasteiger partial charge in [0.25, 0.3) is 0 Å². The van der Waals surface area contributed by atoms with Gasteiger partial charge in [-0.25, -0.2) is 8.42 Å². The Bertz CT molecular complexity index is 984. The minimum absolute atomic E-state index is 0.0788. The maximum Gasteiger partial charge on any atom is 0.243 e. The van der Waals surface area contributed by atoms with E-state index >= 15 is 0 Å². The van der Waals surface area contributed by atoms with E-state index in [0.717, 1.165) is 5.56 Å². The molecule has 1 aliphatic rings. The lowest BCUT2D eigenvalue weighted by Gasteiger charge is -2.31. The lowest BCUT2D eigenvalue weighted by Crippen LogP contribution is -2.47. The minimum Gasteiger partial charge on any atom is -0.350 e. The number of rotatable bonds is 7. The van der Waals surface area contributed by atoms with Crippen molar-refractivity contribution in [2.75, 3.05) is 19.6 Å². The summed E-state index contributed by atoms with van der Waals surface area (Å²) in [6.07, 6.45) is 4.41. The maximum atomic E-state index is 12.8. The molecule has 0 spiro atoms. The van der Waals surface area contributed by atoms with Gasteiger partial charge in [-0.2, -0.15) is 4.31 Å². The third kappa shape index (κ3) is 5.78. The molecule has 2 heterocycles. The van der Waals surface area contributed by atoms with Gasteiger partial charge < -0.3 is 10.6 Å². The van der Waals surface area contributed by atoms with Crippen molar-refractivity contribution in [3.05, 3.63) is 59.4 Å². The van der Waals surface area contributed by atoms with Crippen LogP contribution in [0.2, 0.25) is 5.02 Å².